The number of hydrogen-bond acceptors (Lipinski definition) is 1. The van der Waals surface area contributed by atoms with Crippen LogP contribution < -0.4 is 5.32 Å². The van der Waals surface area contributed by atoms with Gasteiger partial charge in [-0.3, -0.25) is 0 Å². The third-order valence-corrected chi connectivity index (χ3v) is 4.34. The third kappa shape index (κ3) is 20.0. The van der Waals surface area contributed by atoms with Crippen molar-refractivity contribution in [1.29, 1.82) is 0 Å². The summed E-state index contributed by atoms with van der Waals surface area (Å²) >= 11 is 0. The summed E-state index contributed by atoms with van der Waals surface area (Å²) in [6.45, 7) is 9.42. The Balaban J connectivity index is 2.93. The predicted molar refractivity (Wildman–Crippen MR) is 98.0 cm³/mol. The lowest BCUT2D eigenvalue weighted by Crippen LogP contribution is -2.16. The second-order valence-corrected chi connectivity index (χ2v) is 7.18. The van der Waals surface area contributed by atoms with Gasteiger partial charge in [0.25, 0.3) is 0 Å². The molecule has 0 aromatic rings. The predicted octanol–water partition coefficient (Wildman–Crippen LogP) is 6.71. The highest BCUT2D eigenvalue weighted by Gasteiger charge is 1.95. The van der Waals surface area contributed by atoms with Crippen LogP contribution in [0.2, 0.25) is 0 Å². The molecule has 0 atom stereocenters. The summed E-state index contributed by atoms with van der Waals surface area (Å²) in [6, 6.07) is 0. The van der Waals surface area contributed by atoms with Gasteiger partial charge in [-0.2, -0.15) is 0 Å². The molecule has 0 spiro atoms. The van der Waals surface area contributed by atoms with Crippen LogP contribution in [-0.2, 0) is 0 Å². The average molecular weight is 298 g/mol. The van der Waals surface area contributed by atoms with E-state index >= 15 is 0 Å². The van der Waals surface area contributed by atoms with Crippen LogP contribution >= 0.6 is 0 Å². The molecule has 0 heterocycles. The molecule has 0 saturated carbocycles. The second kappa shape index (κ2) is 18.0. The first-order chi connectivity index (χ1) is 10.3. The van der Waals surface area contributed by atoms with E-state index in [0.717, 1.165) is 5.92 Å². The van der Waals surface area contributed by atoms with Crippen LogP contribution in [0.5, 0.6) is 0 Å². The minimum absolute atomic E-state index is 0.884. The monoisotopic (exact) mass is 297 g/mol. The fraction of sp³-hybridized carbons (Fsp3) is 1.00. The Hall–Kier alpha value is -0.0400. The molecular formula is C20H43N. The van der Waals surface area contributed by atoms with Gasteiger partial charge in [-0.1, -0.05) is 97.8 Å². The summed E-state index contributed by atoms with van der Waals surface area (Å²) < 4.78 is 0. The fourth-order valence-corrected chi connectivity index (χ4v) is 2.84. The number of rotatable bonds is 17. The first kappa shape index (κ1) is 21.0. The summed E-state index contributed by atoms with van der Waals surface area (Å²) in [6.07, 6.45) is 19.9. The van der Waals surface area contributed by atoms with Crippen molar-refractivity contribution in [2.24, 2.45) is 5.92 Å². The maximum absolute atomic E-state index is 3.60. The van der Waals surface area contributed by atoms with Gasteiger partial charge in [0.05, 0.1) is 0 Å². The van der Waals surface area contributed by atoms with E-state index in [1.807, 2.05) is 0 Å². The quantitative estimate of drug-likeness (QED) is 0.294. The first-order valence-corrected chi connectivity index (χ1v) is 9.98. The highest BCUT2D eigenvalue weighted by molar-refractivity contribution is 4.53. The smallest absolute Gasteiger partial charge is 0.00489 e. The molecule has 0 unspecified atom stereocenters. The largest absolute Gasteiger partial charge is 0.317 e. The van der Waals surface area contributed by atoms with Crippen molar-refractivity contribution in [1.82, 2.24) is 5.32 Å². The summed E-state index contributed by atoms with van der Waals surface area (Å²) in [5, 5.41) is 3.60. The fourth-order valence-electron chi connectivity index (χ4n) is 2.84. The van der Waals surface area contributed by atoms with Crippen LogP contribution in [0.1, 0.15) is 111 Å². The molecule has 0 rings (SSSR count). The first-order valence-electron chi connectivity index (χ1n) is 9.98. The molecule has 0 fully saturated rings. The molecule has 0 aromatic heterocycles. The van der Waals surface area contributed by atoms with E-state index in [2.05, 4.69) is 26.1 Å². The van der Waals surface area contributed by atoms with Gasteiger partial charge in [0, 0.05) is 0 Å². The highest BCUT2D eigenvalue weighted by Crippen LogP contribution is 2.10. The summed E-state index contributed by atoms with van der Waals surface area (Å²) in [7, 11) is 0. The Morgan fingerprint density at radius 1 is 0.571 bits per heavy atom. The van der Waals surface area contributed by atoms with Crippen molar-refractivity contribution in [2.45, 2.75) is 111 Å². The van der Waals surface area contributed by atoms with E-state index in [0.29, 0.717) is 0 Å². The van der Waals surface area contributed by atoms with Crippen molar-refractivity contribution < 1.29 is 0 Å². The maximum Gasteiger partial charge on any atom is -0.00489 e. The van der Waals surface area contributed by atoms with Crippen molar-refractivity contribution in [3.05, 3.63) is 0 Å². The van der Waals surface area contributed by atoms with Gasteiger partial charge in [-0.25, -0.2) is 0 Å². The van der Waals surface area contributed by atoms with Crippen molar-refractivity contribution >= 4 is 0 Å². The lowest BCUT2D eigenvalue weighted by Gasteiger charge is -2.06. The molecule has 0 bridgehead atoms. The van der Waals surface area contributed by atoms with E-state index in [9.17, 15) is 0 Å². The van der Waals surface area contributed by atoms with E-state index in [-0.39, 0.29) is 0 Å². The van der Waals surface area contributed by atoms with E-state index in [4.69, 9.17) is 0 Å². The lowest BCUT2D eigenvalue weighted by molar-refractivity contribution is 0.506. The normalized spacial score (nSPS) is 11.4. The molecule has 0 aliphatic rings. The summed E-state index contributed by atoms with van der Waals surface area (Å²) in [5.41, 5.74) is 0. The van der Waals surface area contributed by atoms with Crippen molar-refractivity contribution in [2.75, 3.05) is 13.1 Å². The topological polar surface area (TPSA) is 12.0 Å². The zero-order valence-electron chi connectivity index (χ0n) is 15.4. The molecule has 0 aliphatic heterocycles. The molecule has 0 aromatic carbocycles. The number of unbranched alkanes of at least 4 members (excludes halogenated alkanes) is 11. The zero-order chi connectivity index (χ0) is 15.6. The Kier molecular flexibility index (Phi) is 18.0. The van der Waals surface area contributed by atoms with Gasteiger partial charge in [0.1, 0.15) is 0 Å². The average Bonchev–Trinajstić information content (AvgIpc) is 2.46. The van der Waals surface area contributed by atoms with Gasteiger partial charge in [0.2, 0.25) is 0 Å². The molecule has 1 nitrogen and oxygen atoms in total. The Morgan fingerprint density at radius 2 is 1.00 bits per heavy atom. The second-order valence-electron chi connectivity index (χ2n) is 7.18. The Labute approximate surface area is 135 Å². The van der Waals surface area contributed by atoms with Crippen LogP contribution in [0.3, 0.4) is 0 Å². The molecule has 128 valence electrons. The summed E-state index contributed by atoms with van der Waals surface area (Å²) in [5.74, 6) is 0.884. The van der Waals surface area contributed by atoms with Gasteiger partial charge in [0.15, 0.2) is 0 Å². The Bertz CT molecular complexity index is 177. The molecule has 0 amide bonds. The minimum atomic E-state index is 0.884. The van der Waals surface area contributed by atoms with Crippen LogP contribution in [0, 0.1) is 5.92 Å². The summed E-state index contributed by atoms with van der Waals surface area (Å²) in [4.78, 5) is 0. The Morgan fingerprint density at radius 3 is 1.48 bits per heavy atom. The molecule has 0 saturated heterocycles. The molecule has 0 aliphatic carbocycles. The van der Waals surface area contributed by atoms with Crippen LogP contribution in [0.4, 0.5) is 0 Å². The minimum Gasteiger partial charge on any atom is -0.317 e. The standard InChI is InChI=1S/C20H43N/c1-4-5-6-7-8-9-10-12-15-18-21-19-16-13-11-14-17-20(2)3/h20-21H,4-19H2,1-3H3. The van der Waals surface area contributed by atoms with Crippen LogP contribution in [-0.4, -0.2) is 13.1 Å². The van der Waals surface area contributed by atoms with Gasteiger partial charge < -0.3 is 5.32 Å². The molecule has 21 heavy (non-hydrogen) atoms. The van der Waals surface area contributed by atoms with Gasteiger partial charge in [-0.05, 0) is 31.8 Å². The number of hydrogen-bond donors (Lipinski definition) is 1. The zero-order valence-corrected chi connectivity index (χ0v) is 15.4. The molecular weight excluding hydrogens is 254 g/mol. The molecule has 0 radical (unpaired) electrons. The van der Waals surface area contributed by atoms with Crippen molar-refractivity contribution in [3.8, 4) is 0 Å². The SMILES string of the molecule is CCCCCCCCCCCNCCCCCCC(C)C. The molecule has 1 heteroatoms. The van der Waals surface area contributed by atoms with Crippen LogP contribution in [0.25, 0.3) is 0 Å². The lowest BCUT2D eigenvalue weighted by atomic mass is 10.0. The van der Waals surface area contributed by atoms with Gasteiger partial charge >= 0.3 is 0 Å². The van der Waals surface area contributed by atoms with E-state index in [1.165, 1.54) is 103 Å². The third-order valence-electron chi connectivity index (χ3n) is 4.34. The van der Waals surface area contributed by atoms with Crippen LogP contribution in [0.15, 0.2) is 0 Å². The molecule has 1 N–H and O–H groups in total. The maximum atomic E-state index is 3.60. The van der Waals surface area contributed by atoms with Crippen molar-refractivity contribution in [3.63, 3.8) is 0 Å². The van der Waals surface area contributed by atoms with Gasteiger partial charge in [-0.15, -0.1) is 0 Å². The number of nitrogens with one attached hydrogen (secondary N) is 1. The van der Waals surface area contributed by atoms with E-state index in [1.54, 1.807) is 0 Å². The highest BCUT2D eigenvalue weighted by atomic mass is 14.8. The van der Waals surface area contributed by atoms with E-state index < -0.39 is 0 Å².